The highest BCUT2D eigenvalue weighted by atomic mass is 19.1. The third kappa shape index (κ3) is 6.69. The SMILES string of the molecule is CCNC(=NCCCCN(CC)CC)N1CCN(c2ccccc2F)CC1. The van der Waals surface area contributed by atoms with Gasteiger partial charge in [0.2, 0.25) is 0 Å². The Morgan fingerprint density at radius 1 is 1.07 bits per heavy atom. The molecule has 1 aliphatic rings. The van der Waals surface area contributed by atoms with Crippen molar-refractivity contribution in [3.63, 3.8) is 0 Å². The fourth-order valence-corrected chi connectivity index (χ4v) is 3.47. The van der Waals surface area contributed by atoms with Gasteiger partial charge in [-0.3, -0.25) is 4.99 Å². The molecule has 1 fully saturated rings. The Labute approximate surface area is 164 Å². The molecule has 27 heavy (non-hydrogen) atoms. The molecule has 1 aromatic carbocycles. The Morgan fingerprint density at radius 3 is 2.41 bits per heavy atom. The molecule has 2 rings (SSSR count). The zero-order valence-electron chi connectivity index (χ0n) is 17.3. The summed E-state index contributed by atoms with van der Waals surface area (Å²) >= 11 is 0. The number of para-hydroxylation sites is 1. The number of hydrogen-bond donors (Lipinski definition) is 1. The monoisotopic (exact) mass is 377 g/mol. The molecule has 0 spiro atoms. The molecule has 0 radical (unpaired) electrons. The average Bonchev–Trinajstić information content (AvgIpc) is 2.70. The van der Waals surface area contributed by atoms with Crippen LogP contribution in [0.4, 0.5) is 10.1 Å². The van der Waals surface area contributed by atoms with Crippen molar-refractivity contribution < 1.29 is 4.39 Å². The number of aliphatic imine (C=N–C) groups is 1. The first-order chi connectivity index (χ1) is 13.2. The first-order valence-corrected chi connectivity index (χ1v) is 10.4. The molecular formula is C21H36FN5. The number of nitrogens with one attached hydrogen (secondary N) is 1. The first kappa shape index (κ1) is 21.5. The van der Waals surface area contributed by atoms with Gasteiger partial charge < -0.3 is 20.0 Å². The minimum atomic E-state index is -0.139. The van der Waals surface area contributed by atoms with Crippen LogP contribution in [0.15, 0.2) is 29.3 Å². The van der Waals surface area contributed by atoms with Crippen LogP contribution in [-0.4, -0.2) is 74.7 Å². The summed E-state index contributed by atoms with van der Waals surface area (Å²) in [6.45, 7) is 15.0. The molecule has 0 unspecified atom stereocenters. The van der Waals surface area contributed by atoms with Gasteiger partial charge in [0.05, 0.1) is 5.69 Å². The minimum absolute atomic E-state index is 0.139. The molecule has 5 nitrogen and oxygen atoms in total. The van der Waals surface area contributed by atoms with Gasteiger partial charge in [-0.1, -0.05) is 26.0 Å². The van der Waals surface area contributed by atoms with E-state index >= 15 is 0 Å². The van der Waals surface area contributed by atoms with Crippen molar-refractivity contribution >= 4 is 11.6 Å². The maximum Gasteiger partial charge on any atom is 0.194 e. The summed E-state index contributed by atoms with van der Waals surface area (Å²) in [5.74, 6) is 0.855. The second-order valence-corrected chi connectivity index (χ2v) is 6.90. The molecule has 1 N–H and O–H groups in total. The fourth-order valence-electron chi connectivity index (χ4n) is 3.47. The van der Waals surface area contributed by atoms with Crippen molar-refractivity contribution in [3.05, 3.63) is 30.1 Å². The largest absolute Gasteiger partial charge is 0.366 e. The molecule has 1 aromatic rings. The lowest BCUT2D eigenvalue weighted by atomic mass is 10.2. The smallest absolute Gasteiger partial charge is 0.194 e. The molecule has 152 valence electrons. The maximum absolute atomic E-state index is 14.0. The van der Waals surface area contributed by atoms with E-state index in [2.05, 4.69) is 40.8 Å². The van der Waals surface area contributed by atoms with Gasteiger partial charge in [0, 0.05) is 39.3 Å². The summed E-state index contributed by atoms with van der Waals surface area (Å²) in [4.78, 5) is 11.7. The van der Waals surface area contributed by atoms with Crippen LogP contribution in [0.25, 0.3) is 0 Å². The van der Waals surface area contributed by atoms with Crippen molar-refractivity contribution in [2.45, 2.75) is 33.6 Å². The van der Waals surface area contributed by atoms with Gasteiger partial charge in [0.1, 0.15) is 5.82 Å². The van der Waals surface area contributed by atoms with Crippen molar-refractivity contribution in [1.29, 1.82) is 0 Å². The Kier molecular flexibility index (Phi) is 9.39. The Morgan fingerprint density at radius 2 is 1.78 bits per heavy atom. The number of rotatable bonds is 9. The van der Waals surface area contributed by atoms with Gasteiger partial charge in [0.25, 0.3) is 0 Å². The third-order valence-electron chi connectivity index (χ3n) is 5.15. The van der Waals surface area contributed by atoms with E-state index in [0.29, 0.717) is 5.69 Å². The van der Waals surface area contributed by atoms with Gasteiger partial charge in [-0.05, 0) is 51.5 Å². The van der Waals surface area contributed by atoms with Gasteiger partial charge in [-0.25, -0.2) is 4.39 Å². The van der Waals surface area contributed by atoms with Gasteiger partial charge in [-0.15, -0.1) is 0 Å². The Bertz CT molecular complexity index is 565. The lowest BCUT2D eigenvalue weighted by Crippen LogP contribution is -2.52. The Hall–Kier alpha value is -1.82. The highest BCUT2D eigenvalue weighted by molar-refractivity contribution is 5.80. The molecule has 0 saturated carbocycles. The van der Waals surface area contributed by atoms with E-state index in [1.165, 1.54) is 12.5 Å². The maximum atomic E-state index is 14.0. The van der Waals surface area contributed by atoms with Gasteiger partial charge >= 0.3 is 0 Å². The summed E-state index contributed by atoms with van der Waals surface area (Å²) in [5, 5.41) is 3.41. The number of halogens is 1. The second-order valence-electron chi connectivity index (χ2n) is 6.90. The number of unbranched alkanes of at least 4 members (excludes halogenated alkanes) is 1. The summed E-state index contributed by atoms with van der Waals surface area (Å²) in [7, 11) is 0. The highest BCUT2D eigenvalue weighted by Crippen LogP contribution is 2.20. The van der Waals surface area contributed by atoms with Gasteiger partial charge in [0.15, 0.2) is 5.96 Å². The normalized spacial score (nSPS) is 15.5. The molecule has 0 bridgehead atoms. The van der Waals surface area contributed by atoms with E-state index in [1.807, 2.05) is 12.1 Å². The number of benzene rings is 1. The first-order valence-electron chi connectivity index (χ1n) is 10.4. The molecule has 0 atom stereocenters. The summed E-state index contributed by atoms with van der Waals surface area (Å²) in [6.07, 6.45) is 2.30. The number of guanidine groups is 1. The van der Waals surface area contributed by atoms with E-state index in [1.54, 1.807) is 6.07 Å². The van der Waals surface area contributed by atoms with Crippen molar-refractivity contribution in [3.8, 4) is 0 Å². The quantitative estimate of drug-likeness (QED) is 0.407. The molecule has 6 heteroatoms. The van der Waals surface area contributed by atoms with Crippen LogP contribution in [0.5, 0.6) is 0 Å². The fraction of sp³-hybridized carbons (Fsp3) is 0.667. The van der Waals surface area contributed by atoms with Crippen molar-refractivity contribution in [2.75, 3.05) is 63.8 Å². The molecule has 0 aliphatic carbocycles. The zero-order chi connectivity index (χ0) is 19.5. The molecule has 1 saturated heterocycles. The third-order valence-corrected chi connectivity index (χ3v) is 5.15. The zero-order valence-corrected chi connectivity index (χ0v) is 17.3. The molecule has 0 aromatic heterocycles. The number of anilines is 1. The van der Waals surface area contributed by atoms with Crippen molar-refractivity contribution in [2.24, 2.45) is 4.99 Å². The van der Waals surface area contributed by atoms with Crippen LogP contribution in [0, 0.1) is 5.82 Å². The van der Waals surface area contributed by atoms with E-state index in [0.717, 1.165) is 71.3 Å². The van der Waals surface area contributed by atoms with Gasteiger partial charge in [-0.2, -0.15) is 0 Å². The molecule has 0 amide bonds. The minimum Gasteiger partial charge on any atom is -0.366 e. The van der Waals surface area contributed by atoms with E-state index in [-0.39, 0.29) is 5.82 Å². The highest BCUT2D eigenvalue weighted by Gasteiger charge is 2.21. The molecule has 1 aliphatic heterocycles. The predicted molar refractivity (Wildman–Crippen MR) is 113 cm³/mol. The lowest BCUT2D eigenvalue weighted by molar-refractivity contribution is 0.297. The standard InChI is InChI=1S/C21H36FN5/c1-4-23-21(24-13-9-10-14-25(5-2)6-3)27-17-15-26(16-18-27)20-12-8-7-11-19(20)22/h7-8,11-12H,4-6,9-10,13-18H2,1-3H3,(H,23,24). The predicted octanol–water partition coefficient (Wildman–Crippen LogP) is 3.04. The number of nitrogens with zero attached hydrogens (tertiary/aromatic N) is 4. The van der Waals surface area contributed by atoms with Crippen LogP contribution in [0.1, 0.15) is 33.6 Å². The number of hydrogen-bond acceptors (Lipinski definition) is 3. The van der Waals surface area contributed by atoms with E-state index in [4.69, 9.17) is 4.99 Å². The van der Waals surface area contributed by atoms with Crippen LogP contribution in [0.2, 0.25) is 0 Å². The van der Waals surface area contributed by atoms with Crippen molar-refractivity contribution in [1.82, 2.24) is 15.1 Å². The van der Waals surface area contributed by atoms with E-state index < -0.39 is 0 Å². The lowest BCUT2D eigenvalue weighted by Gasteiger charge is -2.37. The second kappa shape index (κ2) is 11.8. The van der Waals surface area contributed by atoms with Crippen LogP contribution in [0.3, 0.4) is 0 Å². The summed E-state index contributed by atoms with van der Waals surface area (Å²) in [5.41, 5.74) is 0.704. The van der Waals surface area contributed by atoms with Crippen LogP contribution < -0.4 is 10.2 Å². The van der Waals surface area contributed by atoms with E-state index in [9.17, 15) is 4.39 Å². The topological polar surface area (TPSA) is 34.1 Å². The van der Waals surface area contributed by atoms with Crippen LogP contribution >= 0.6 is 0 Å². The molecule has 1 heterocycles. The number of piperazine rings is 1. The summed E-state index contributed by atoms with van der Waals surface area (Å²) in [6, 6.07) is 7.03. The molecular weight excluding hydrogens is 341 g/mol. The average molecular weight is 378 g/mol. The van der Waals surface area contributed by atoms with Crippen LogP contribution in [-0.2, 0) is 0 Å². The Balaban J connectivity index is 1.82. The summed E-state index contributed by atoms with van der Waals surface area (Å²) < 4.78 is 14.0.